The van der Waals surface area contributed by atoms with Crippen molar-refractivity contribution in [1.29, 1.82) is 0 Å². The van der Waals surface area contributed by atoms with Gasteiger partial charge in [0.05, 0.1) is 10.8 Å². The summed E-state index contributed by atoms with van der Waals surface area (Å²) >= 11 is 1.46. The first kappa shape index (κ1) is 18.6. The third kappa shape index (κ3) is 4.52. The van der Waals surface area contributed by atoms with Gasteiger partial charge in [-0.3, -0.25) is 9.59 Å². The molecule has 4 nitrogen and oxygen atoms in total. The van der Waals surface area contributed by atoms with E-state index in [0.29, 0.717) is 19.0 Å². The van der Waals surface area contributed by atoms with E-state index < -0.39 is 0 Å². The topological polar surface area (TPSA) is 49.4 Å². The summed E-state index contributed by atoms with van der Waals surface area (Å²) in [6.45, 7) is 4.05. The standard InChI is InChI=1S/C21H26N2O2S/c1-2-16(17-8-4-3-5-9-17)14-22-20(24)18-10-6-12-23(15-18)21(25)19-11-7-13-26-19/h3-5,7-9,11,13,16,18H,2,6,10,12,14-15H2,1H3,(H,22,24)/t16-,18+/m1/s1. The van der Waals surface area contributed by atoms with Gasteiger partial charge >= 0.3 is 0 Å². The number of carbonyl (C=O) groups is 2. The molecule has 2 amide bonds. The normalized spacial score (nSPS) is 18.3. The lowest BCUT2D eigenvalue weighted by Crippen LogP contribution is -2.45. The molecule has 0 unspecified atom stereocenters. The Kier molecular flexibility index (Phi) is 6.45. The second-order valence-corrected chi connectivity index (χ2v) is 7.78. The van der Waals surface area contributed by atoms with Crippen LogP contribution in [0.3, 0.4) is 0 Å². The van der Waals surface area contributed by atoms with Gasteiger partial charge in [0, 0.05) is 25.6 Å². The summed E-state index contributed by atoms with van der Waals surface area (Å²) < 4.78 is 0. The molecular weight excluding hydrogens is 344 g/mol. The maximum absolute atomic E-state index is 12.7. The van der Waals surface area contributed by atoms with Crippen molar-refractivity contribution in [2.45, 2.75) is 32.1 Å². The molecule has 1 saturated heterocycles. The van der Waals surface area contributed by atoms with Crippen LogP contribution in [-0.4, -0.2) is 36.3 Å². The molecule has 1 aromatic heterocycles. The van der Waals surface area contributed by atoms with Gasteiger partial charge in [0.15, 0.2) is 0 Å². The van der Waals surface area contributed by atoms with Crippen molar-refractivity contribution in [2.75, 3.05) is 19.6 Å². The van der Waals surface area contributed by atoms with Gasteiger partial charge in [0.1, 0.15) is 0 Å². The van der Waals surface area contributed by atoms with Crippen molar-refractivity contribution in [1.82, 2.24) is 10.2 Å². The Morgan fingerprint density at radius 2 is 2.04 bits per heavy atom. The van der Waals surface area contributed by atoms with Gasteiger partial charge in [0.25, 0.3) is 5.91 Å². The Hall–Kier alpha value is -2.14. The van der Waals surface area contributed by atoms with Gasteiger partial charge in [0.2, 0.25) is 5.91 Å². The molecule has 0 radical (unpaired) electrons. The van der Waals surface area contributed by atoms with E-state index in [-0.39, 0.29) is 17.7 Å². The summed E-state index contributed by atoms with van der Waals surface area (Å²) in [5, 5.41) is 5.03. The Bertz CT molecular complexity index is 715. The predicted molar refractivity (Wildman–Crippen MR) is 105 cm³/mol. The van der Waals surface area contributed by atoms with Crippen molar-refractivity contribution >= 4 is 23.2 Å². The molecule has 3 rings (SSSR count). The molecule has 2 atom stereocenters. The van der Waals surface area contributed by atoms with Gasteiger partial charge in [-0.2, -0.15) is 0 Å². The number of thiophene rings is 1. The lowest BCUT2D eigenvalue weighted by atomic mass is 9.94. The van der Waals surface area contributed by atoms with Crippen LogP contribution in [0.25, 0.3) is 0 Å². The number of likely N-dealkylation sites (tertiary alicyclic amines) is 1. The zero-order valence-electron chi connectivity index (χ0n) is 15.2. The van der Waals surface area contributed by atoms with Gasteiger partial charge in [-0.25, -0.2) is 0 Å². The third-order valence-electron chi connectivity index (χ3n) is 5.10. The molecule has 2 aromatic rings. The lowest BCUT2D eigenvalue weighted by Gasteiger charge is -2.32. The quantitative estimate of drug-likeness (QED) is 0.838. The van der Waals surface area contributed by atoms with E-state index in [1.807, 2.05) is 40.6 Å². The minimum absolute atomic E-state index is 0.0493. The third-order valence-corrected chi connectivity index (χ3v) is 5.96. The van der Waals surface area contributed by atoms with E-state index >= 15 is 0 Å². The van der Waals surface area contributed by atoms with Crippen molar-refractivity contribution in [2.24, 2.45) is 5.92 Å². The molecule has 138 valence electrons. The van der Waals surface area contributed by atoms with Gasteiger partial charge < -0.3 is 10.2 Å². The highest BCUT2D eigenvalue weighted by Gasteiger charge is 2.29. The molecule has 26 heavy (non-hydrogen) atoms. The number of rotatable bonds is 6. The molecule has 5 heteroatoms. The largest absolute Gasteiger partial charge is 0.355 e. The van der Waals surface area contributed by atoms with Crippen LogP contribution in [0.2, 0.25) is 0 Å². The zero-order valence-corrected chi connectivity index (χ0v) is 16.0. The molecule has 2 heterocycles. The number of nitrogens with zero attached hydrogens (tertiary/aromatic N) is 1. The molecule has 0 spiro atoms. The molecule has 1 aliphatic rings. The average Bonchev–Trinajstić information content (AvgIpc) is 3.23. The highest BCUT2D eigenvalue weighted by molar-refractivity contribution is 7.12. The molecule has 0 aliphatic carbocycles. The molecule has 0 bridgehead atoms. The van der Waals surface area contributed by atoms with Gasteiger partial charge in [-0.1, -0.05) is 43.3 Å². The second kappa shape index (κ2) is 8.99. The monoisotopic (exact) mass is 370 g/mol. The molecule has 1 aromatic carbocycles. The minimum atomic E-state index is -0.110. The number of hydrogen-bond donors (Lipinski definition) is 1. The maximum Gasteiger partial charge on any atom is 0.263 e. The summed E-state index contributed by atoms with van der Waals surface area (Å²) in [7, 11) is 0. The van der Waals surface area contributed by atoms with Crippen molar-refractivity contribution in [3.63, 3.8) is 0 Å². The van der Waals surface area contributed by atoms with Crippen molar-refractivity contribution in [3.8, 4) is 0 Å². The summed E-state index contributed by atoms with van der Waals surface area (Å²) in [6.07, 6.45) is 2.71. The highest BCUT2D eigenvalue weighted by atomic mass is 32.1. The molecule has 1 aliphatic heterocycles. The smallest absolute Gasteiger partial charge is 0.263 e. The van der Waals surface area contributed by atoms with Crippen LogP contribution < -0.4 is 5.32 Å². The molecule has 1 N–H and O–H groups in total. The predicted octanol–water partition coefficient (Wildman–Crippen LogP) is 3.91. The Morgan fingerprint density at radius 3 is 2.73 bits per heavy atom. The van der Waals surface area contributed by atoms with E-state index in [1.165, 1.54) is 16.9 Å². The lowest BCUT2D eigenvalue weighted by molar-refractivity contribution is -0.126. The van der Waals surface area contributed by atoms with E-state index in [0.717, 1.165) is 30.7 Å². The van der Waals surface area contributed by atoms with Crippen LogP contribution in [-0.2, 0) is 4.79 Å². The molecular formula is C21H26N2O2S. The van der Waals surface area contributed by atoms with E-state index in [1.54, 1.807) is 0 Å². The second-order valence-electron chi connectivity index (χ2n) is 6.83. The molecule has 0 saturated carbocycles. The molecule has 1 fully saturated rings. The van der Waals surface area contributed by atoms with E-state index in [4.69, 9.17) is 0 Å². The number of benzene rings is 1. The Morgan fingerprint density at radius 1 is 1.23 bits per heavy atom. The van der Waals surface area contributed by atoms with E-state index in [2.05, 4.69) is 24.4 Å². The number of piperidine rings is 1. The first-order chi connectivity index (χ1) is 12.7. The fourth-order valence-electron chi connectivity index (χ4n) is 3.52. The van der Waals surface area contributed by atoms with Crippen LogP contribution in [0.15, 0.2) is 47.8 Å². The Labute approximate surface area is 159 Å². The SMILES string of the molecule is CC[C@H](CNC(=O)[C@H]1CCCN(C(=O)c2cccs2)C1)c1ccccc1. The van der Waals surface area contributed by atoms with Crippen LogP contribution in [0, 0.1) is 5.92 Å². The zero-order chi connectivity index (χ0) is 18.4. The van der Waals surface area contributed by atoms with Crippen LogP contribution >= 0.6 is 11.3 Å². The van der Waals surface area contributed by atoms with Crippen LogP contribution in [0.5, 0.6) is 0 Å². The van der Waals surface area contributed by atoms with E-state index in [9.17, 15) is 9.59 Å². The van der Waals surface area contributed by atoms with Crippen molar-refractivity contribution < 1.29 is 9.59 Å². The fourth-order valence-corrected chi connectivity index (χ4v) is 4.21. The summed E-state index contributed by atoms with van der Waals surface area (Å²) in [5.74, 6) is 0.338. The van der Waals surface area contributed by atoms with Gasteiger partial charge in [-0.05, 0) is 36.3 Å². The summed E-state index contributed by atoms with van der Waals surface area (Å²) in [5.41, 5.74) is 1.26. The highest BCUT2D eigenvalue weighted by Crippen LogP contribution is 2.22. The summed E-state index contributed by atoms with van der Waals surface area (Å²) in [4.78, 5) is 27.8. The number of amides is 2. The first-order valence-electron chi connectivity index (χ1n) is 9.34. The summed E-state index contributed by atoms with van der Waals surface area (Å²) in [6, 6.07) is 14.0. The number of nitrogens with one attached hydrogen (secondary N) is 1. The fraction of sp³-hybridized carbons (Fsp3) is 0.429. The maximum atomic E-state index is 12.7. The van der Waals surface area contributed by atoms with Gasteiger partial charge in [-0.15, -0.1) is 11.3 Å². The van der Waals surface area contributed by atoms with Crippen LogP contribution in [0.4, 0.5) is 0 Å². The first-order valence-corrected chi connectivity index (χ1v) is 10.2. The number of carbonyl (C=O) groups excluding carboxylic acids is 2. The van der Waals surface area contributed by atoms with Crippen LogP contribution in [0.1, 0.15) is 47.3 Å². The van der Waals surface area contributed by atoms with Crippen molar-refractivity contribution in [3.05, 3.63) is 58.3 Å². The average molecular weight is 371 g/mol. The minimum Gasteiger partial charge on any atom is -0.355 e. The number of hydrogen-bond acceptors (Lipinski definition) is 3. The Balaban J connectivity index is 1.55.